The Morgan fingerprint density at radius 3 is 2.35 bits per heavy atom. The van der Waals surface area contributed by atoms with Crippen molar-refractivity contribution >= 4 is 5.78 Å². The van der Waals surface area contributed by atoms with Crippen LogP contribution in [0.5, 0.6) is 0 Å². The van der Waals surface area contributed by atoms with Gasteiger partial charge in [-0.3, -0.25) is 4.79 Å². The fourth-order valence-corrected chi connectivity index (χ4v) is 2.70. The standard InChI is InChI=1S/C14H20O3/c1-8-10(3)14(16)11(9(2)12(8)15)6-7-13(4,5)17-14/h16H,6-7H2,1-5H3. The quantitative estimate of drug-likeness (QED) is 0.703. The van der Waals surface area contributed by atoms with Crippen LogP contribution in [0.2, 0.25) is 0 Å². The molecule has 3 nitrogen and oxygen atoms in total. The number of hydrogen-bond donors (Lipinski definition) is 1. The van der Waals surface area contributed by atoms with Crippen molar-refractivity contribution in [3.05, 3.63) is 22.3 Å². The van der Waals surface area contributed by atoms with E-state index in [2.05, 4.69) is 0 Å². The molecule has 94 valence electrons. The minimum Gasteiger partial charge on any atom is -0.359 e. The third-order valence-corrected chi connectivity index (χ3v) is 4.01. The summed E-state index contributed by atoms with van der Waals surface area (Å²) >= 11 is 0. The smallest absolute Gasteiger partial charge is 0.213 e. The van der Waals surface area contributed by atoms with Crippen LogP contribution in [0, 0.1) is 0 Å². The second-order valence-electron chi connectivity index (χ2n) is 5.69. The highest BCUT2D eigenvalue weighted by Gasteiger charge is 2.49. The maximum Gasteiger partial charge on any atom is 0.213 e. The van der Waals surface area contributed by atoms with Crippen LogP contribution in [0.25, 0.3) is 0 Å². The summed E-state index contributed by atoms with van der Waals surface area (Å²) in [6, 6.07) is 0. The number of allylic oxidation sites excluding steroid dienone is 2. The van der Waals surface area contributed by atoms with Crippen LogP contribution in [-0.4, -0.2) is 22.3 Å². The Morgan fingerprint density at radius 2 is 1.76 bits per heavy atom. The summed E-state index contributed by atoms with van der Waals surface area (Å²) in [6.07, 6.45) is 1.54. The van der Waals surface area contributed by atoms with Crippen LogP contribution < -0.4 is 0 Å². The summed E-state index contributed by atoms with van der Waals surface area (Å²) < 4.78 is 5.85. The van der Waals surface area contributed by atoms with Crippen LogP contribution in [0.1, 0.15) is 47.5 Å². The fraction of sp³-hybridized carbons (Fsp3) is 0.643. The SMILES string of the molecule is CC1=C(C)C2(O)OC(C)(C)CCC2=C(C)C1=O. The number of hydrogen-bond acceptors (Lipinski definition) is 3. The predicted molar refractivity (Wildman–Crippen MR) is 65.4 cm³/mol. The lowest BCUT2D eigenvalue weighted by Crippen LogP contribution is -2.50. The van der Waals surface area contributed by atoms with Gasteiger partial charge in [0, 0.05) is 11.1 Å². The molecule has 2 aliphatic rings. The summed E-state index contributed by atoms with van der Waals surface area (Å²) in [5.41, 5.74) is 2.26. The molecule has 0 bridgehead atoms. The average molecular weight is 236 g/mol. The topological polar surface area (TPSA) is 46.5 Å². The van der Waals surface area contributed by atoms with Gasteiger partial charge in [0.05, 0.1) is 5.60 Å². The van der Waals surface area contributed by atoms with Crippen molar-refractivity contribution in [1.82, 2.24) is 0 Å². The molecule has 1 unspecified atom stereocenters. The van der Waals surface area contributed by atoms with Gasteiger partial charge in [-0.15, -0.1) is 0 Å². The fourth-order valence-electron chi connectivity index (χ4n) is 2.70. The van der Waals surface area contributed by atoms with E-state index < -0.39 is 5.79 Å². The van der Waals surface area contributed by atoms with Crippen LogP contribution in [-0.2, 0) is 9.53 Å². The van der Waals surface area contributed by atoms with E-state index in [0.717, 1.165) is 12.0 Å². The Hall–Kier alpha value is -0.930. The van der Waals surface area contributed by atoms with E-state index in [1.807, 2.05) is 13.8 Å². The molecule has 0 aromatic carbocycles. The largest absolute Gasteiger partial charge is 0.359 e. The molecule has 1 N–H and O–H groups in total. The lowest BCUT2D eigenvalue weighted by molar-refractivity contribution is -0.231. The van der Waals surface area contributed by atoms with E-state index >= 15 is 0 Å². The van der Waals surface area contributed by atoms with Gasteiger partial charge in [0.25, 0.3) is 0 Å². The molecule has 1 aliphatic heterocycles. The van der Waals surface area contributed by atoms with E-state index in [1.54, 1.807) is 20.8 Å². The molecule has 1 heterocycles. The molecule has 1 atom stereocenters. The van der Waals surface area contributed by atoms with Gasteiger partial charge in [0.2, 0.25) is 5.79 Å². The second kappa shape index (κ2) is 3.53. The Kier molecular flexibility index (Phi) is 2.60. The van der Waals surface area contributed by atoms with Crippen molar-refractivity contribution in [2.45, 2.75) is 58.8 Å². The molecule has 3 heteroatoms. The van der Waals surface area contributed by atoms with Crippen molar-refractivity contribution in [2.24, 2.45) is 0 Å². The molecule has 0 aromatic heterocycles. The third kappa shape index (κ3) is 1.69. The van der Waals surface area contributed by atoms with Gasteiger partial charge in [0.1, 0.15) is 0 Å². The minimum absolute atomic E-state index is 0.0329. The molecule has 1 fully saturated rings. The maximum absolute atomic E-state index is 12.0. The zero-order chi connectivity index (χ0) is 13.0. The summed E-state index contributed by atoms with van der Waals surface area (Å²) in [7, 11) is 0. The average Bonchev–Trinajstić information content (AvgIpc) is 2.22. The van der Waals surface area contributed by atoms with Gasteiger partial charge >= 0.3 is 0 Å². The van der Waals surface area contributed by atoms with Gasteiger partial charge in [-0.1, -0.05) is 0 Å². The van der Waals surface area contributed by atoms with Gasteiger partial charge in [-0.2, -0.15) is 0 Å². The van der Waals surface area contributed by atoms with Crippen LogP contribution in [0.4, 0.5) is 0 Å². The molecule has 0 amide bonds. The summed E-state index contributed by atoms with van der Waals surface area (Å²) in [6.45, 7) is 9.24. The number of rotatable bonds is 0. The van der Waals surface area contributed by atoms with Crippen LogP contribution in [0.3, 0.4) is 0 Å². The summed E-state index contributed by atoms with van der Waals surface area (Å²) in [4.78, 5) is 12.0. The minimum atomic E-state index is -1.37. The Morgan fingerprint density at radius 1 is 1.18 bits per heavy atom. The van der Waals surface area contributed by atoms with E-state index in [1.165, 1.54) is 0 Å². The summed E-state index contributed by atoms with van der Waals surface area (Å²) in [5, 5.41) is 10.8. The van der Waals surface area contributed by atoms with Crippen molar-refractivity contribution in [3.63, 3.8) is 0 Å². The van der Waals surface area contributed by atoms with Gasteiger partial charge in [-0.25, -0.2) is 0 Å². The highest BCUT2D eigenvalue weighted by atomic mass is 16.6. The molecule has 0 saturated carbocycles. The third-order valence-electron chi connectivity index (χ3n) is 4.01. The van der Waals surface area contributed by atoms with Gasteiger partial charge < -0.3 is 9.84 Å². The number of fused-ring (bicyclic) bond motifs is 1. The highest BCUT2D eigenvalue weighted by molar-refractivity contribution is 6.10. The zero-order valence-corrected chi connectivity index (χ0v) is 11.2. The highest BCUT2D eigenvalue weighted by Crippen LogP contribution is 2.46. The number of aliphatic hydroxyl groups is 1. The molecule has 2 rings (SSSR count). The molecule has 17 heavy (non-hydrogen) atoms. The van der Waals surface area contributed by atoms with E-state index in [-0.39, 0.29) is 11.4 Å². The first kappa shape index (κ1) is 12.5. The first-order valence-corrected chi connectivity index (χ1v) is 6.04. The van der Waals surface area contributed by atoms with E-state index in [4.69, 9.17) is 4.74 Å². The first-order chi connectivity index (χ1) is 7.69. The zero-order valence-electron chi connectivity index (χ0n) is 11.2. The van der Waals surface area contributed by atoms with Crippen molar-refractivity contribution in [1.29, 1.82) is 0 Å². The molecular formula is C14H20O3. The molecule has 0 spiro atoms. The second-order valence-corrected chi connectivity index (χ2v) is 5.69. The Labute approximate surface area is 102 Å². The molecule has 0 aromatic rings. The maximum atomic E-state index is 12.0. The Bertz CT molecular complexity index is 454. The molecular weight excluding hydrogens is 216 g/mol. The lowest BCUT2D eigenvalue weighted by atomic mass is 9.76. The summed E-state index contributed by atoms with van der Waals surface area (Å²) in [5.74, 6) is -1.34. The molecule has 0 radical (unpaired) electrons. The van der Waals surface area contributed by atoms with Crippen LogP contribution in [0.15, 0.2) is 22.3 Å². The van der Waals surface area contributed by atoms with Crippen molar-refractivity contribution in [2.75, 3.05) is 0 Å². The number of ketones is 1. The lowest BCUT2D eigenvalue weighted by Gasteiger charge is -2.47. The first-order valence-electron chi connectivity index (χ1n) is 6.04. The monoisotopic (exact) mass is 236 g/mol. The number of carbonyl (C=O) groups excluding carboxylic acids is 1. The Balaban J connectivity index is 2.58. The van der Waals surface area contributed by atoms with Crippen molar-refractivity contribution < 1.29 is 14.6 Å². The van der Waals surface area contributed by atoms with Crippen LogP contribution >= 0.6 is 0 Å². The van der Waals surface area contributed by atoms with E-state index in [0.29, 0.717) is 23.1 Å². The predicted octanol–water partition coefficient (Wildman–Crippen LogP) is 2.50. The number of carbonyl (C=O) groups is 1. The number of Topliss-reactive ketones (excluding diaryl/α,β-unsaturated/α-hetero) is 1. The van der Waals surface area contributed by atoms with Gasteiger partial charge in [0.15, 0.2) is 5.78 Å². The van der Waals surface area contributed by atoms with E-state index in [9.17, 15) is 9.90 Å². The number of ether oxygens (including phenoxy) is 1. The van der Waals surface area contributed by atoms with Crippen molar-refractivity contribution in [3.8, 4) is 0 Å². The normalized spacial score (nSPS) is 32.9. The van der Waals surface area contributed by atoms with Gasteiger partial charge in [-0.05, 0) is 58.6 Å². The molecule has 1 aliphatic carbocycles. The molecule has 1 saturated heterocycles.